The molecule has 1 spiro atoms. The highest BCUT2D eigenvalue weighted by atomic mass is 16.3. The van der Waals surface area contributed by atoms with Crippen LogP contribution in [0.5, 0.6) is 0 Å². The van der Waals surface area contributed by atoms with Crippen molar-refractivity contribution < 1.29 is 8.83 Å². The van der Waals surface area contributed by atoms with Crippen LogP contribution in [0.2, 0.25) is 0 Å². The predicted molar refractivity (Wildman–Crippen MR) is 265 cm³/mol. The van der Waals surface area contributed by atoms with Crippen molar-refractivity contribution >= 4 is 43.9 Å². The van der Waals surface area contributed by atoms with Crippen molar-refractivity contribution in [2.75, 3.05) is 0 Å². The summed E-state index contributed by atoms with van der Waals surface area (Å²) in [5, 5.41) is 4.35. The summed E-state index contributed by atoms with van der Waals surface area (Å²) in [5.74, 6) is 0.657. The summed E-state index contributed by atoms with van der Waals surface area (Å²) in [6.45, 7) is 4.80. The zero-order valence-corrected chi connectivity index (χ0v) is 36.4. The summed E-state index contributed by atoms with van der Waals surface area (Å²) in [6.07, 6.45) is 6.28. The quantitative estimate of drug-likeness (QED) is 0.177. The van der Waals surface area contributed by atoms with Gasteiger partial charge in [0.05, 0.1) is 11.4 Å². The summed E-state index contributed by atoms with van der Waals surface area (Å²) in [7, 11) is 0. The van der Waals surface area contributed by atoms with Crippen LogP contribution in [0.15, 0.2) is 179 Å². The maximum Gasteiger partial charge on any atom is 0.160 e. The van der Waals surface area contributed by atoms with Gasteiger partial charge in [-0.15, -0.1) is 0 Å². The summed E-state index contributed by atoms with van der Waals surface area (Å²) in [4.78, 5) is 10.4. The van der Waals surface area contributed by atoms with Crippen molar-refractivity contribution in [2.24, 2.45) is 0 Å². The monoisotopic (exact) mass is 836 g/mol. The van der Waals surface area contributed by atoms with E-state index in [9.17, 15) is 0 Å². The highest BCUT2D eigenvalue weighted by Gasteiger charge is 2.46. The van der Waals surface area contributed by atoms with Crippen LogP contribution in [0.25, 0.3) is 111 Å². The lowest BCUT2D eigenvalue weighted by Gasteiger charge is -2.36. The van der Waals surface area contributed by atoms with Crippen molar-refractivity contribution in [3.8, 4) is 67.3 Å². The molecule has 1 saturated carbocycles. The summed E-state index contributed by atoms with van der Waals surface area (Å²) >= 11 is 0. The van der Waals surface area contributed by atoms with Gasteiger partial charge in [0.1, 0.15) is 22.3 Å². The highest BCUT2D eigenvalue weighted by Crippen LogP contribution is 2.60. The molecule has 8 aromatic carbocycles. The molecule has 65 heavy (non-hydrogen) atoms. The molecule has 3 aliphatic carbocycles. The van der Waals surface area contributed by atoms with Gasteiger partial charge in [-0.25, -0.2) is 9.97 Å². The first-order chi connectivity index (χ1) is 31.9. The molecule has 4 nitrogen and oxygen atoms in total. The smallest absolute Gasteiger partial charge is 0.160 e. The second-order valence-electron chi connectivity index (χ2n) is 19.1. The molecule has 3 aliphatic rings. The van der Waals surface area contributed by atoms with E-state index in [1.54, 1.807) is 0 Å². The van der Waals surface area contributed by atoms with Gasteiger partial charge >= 0.3 is 0 Å². The van der Waals surface area contributed by atoms with Crippen LogP contribution in [0.4, 0.5) is 0 Å². The predicted octanol–water partition coefficient (Wildman–Crippen LogP) is 16.5. The molecule has 0 saturated heterocycles. The van der Waals surface area contributed by atoms with Crippen molar-refractivity contribution in [3.05, 3.63) is 192 Å². The average molecular weight is 837 g/mol. The maximum atomic E-state index is 6.82. The largest absolute Gasteiger partial charge is 0.456 e. The van der Waals surface area contributed by atoms with E-state index in [1.807, 2.05) is 30.3 Å². The number of para-hydroxylation sites is 2. The molecule has 0 radical (unpaired) electrons. The molecule has 1 fully saturated rings. The Hall–Kier alpha value is -7.56. The Morgan fingerprint density at radius 1 is 0.385 bits per heavy atom. The highest BCUT2D eigenvalue weighted by molar-refractivity contribution is 6.11. The van der Waals surface area contributed by atoms with Gasteiger partial charge in [0.15, 0.2) is 5.82 Å². The topological polar surface area (TPSA) is 52.1 Å². The third kappa shape index (κ3) is 5.31. The maximum absolute atomic E-state index is 6.82. The number of rotatable bonds is 4. The number of furan rings is 2. The Morgan fingerprint density at radius 3 is 1.97 bits per heavy atom. The van der Waals surface area contributed by atoms with Gasteiger partial charge in [-0.3, -0.25) is 0 Å². The van der Waals surface area contributed by atoms with Crippen molar-refractivity contribution in [1.29, 1.82) is 0 Å². The van der Waals surface area contributed by atoms with E-state index in [2.05, 4.69) is 153 Å². The van der Waals surface area contributed by atoms with Crippen LogP contribution >= 0.6 is 0 Å². The van der Waals surface area contributed by atoms with Crippen LogP contribution in [0.1, 0.15) is 68.2 Å². The molecule has 0 N–H and O–H groups in total. The molecule has 0 unspecified atom stereocenters. The molecule has 3 heterocycles. The van der Waals surface area contributed by atoms with Crippen LogP contribution in [-0.2, 0) is 10.8 Å². The Morgan fingerprint density at radius 2 is 1.06 bits per heavy atom. The first kappa shape index (κ1) is 36.9. The van der Waals surface area contributed by atoms with E-state index in [4.69, 9.17) is 18.8 Å². The number of hydrogen-bond acceptors (Lipinski definition) is 4. The van der Waals surface area contributed by atoms with Crippen LogP contribution in [0.3, 0.4) is 0 Å². The van der Waals surface area contributed by atoms with Gasteiger partial charge < -0.3 is 8.83 Å². The standard InChI is InChI=1S/C61H44N2O2/c1-60(2)49-20-9-7-16-40(49)46-34-52-47(33-51(46)60)45-30-37(23-26-50(45)61(52)28-11-4-12-29-61)38-24-27-56-48(31-38)43-18-13-19-44(58(43)65-56)54-35-53(62-59(63-54)36-14-5-3-6-15-36)39-22-25-42-41-17-8-10-21-55(41)64-57(42)32-39/h3,5-10,13-27,30-35H,4,11-12,28-29H2,1-2H3. The molecule has 310 valence electrons. The van der Waals surface area contributed by atoms with Crippen LogP contribution in [-0.4, -0.2) is 9.97 Å². The zero-order valence-electron chi connectivity index (χ0n) is 36.4. The number of fused-ring (bicyclic) bond motifs is 14. The fourth-order valence-corrected chi connectivity index (χ4v) is 12.1. The third-order valence-corrected chi connectivity index (χ3v) is 15.3. The van der Waals surface area contributed by atoms with Gasteiger partial charge in [-0.1, -0.05) is 142 Å². The number of nitrogens with zero attached hydrogens (tertiary/aromatic N) is 2. The van der Waals surface area contributed by atoms with E-state index < -0.39 is 0 Å². The van der Waals surface area contributed by atoms with Crippen LogP contribution in [0, 0.1) is 0 Å². The number of hydrogen-bond donors (Lipinski definition) is 0. The van der Waals surface area contributed by atoms with Gasteiger partial charge in [0, 0.05) is 49.1 Å². The minimum absolute atomic E-state index is 0.0481. The van der Waals surface area contributed by atoms with Crippen LogP contribution < -0.4 is 0 Å². The SMILES string of the molecule is CC1(C)c2ccccc2-c2cc3c(cc21)-c1cc(-c2ccc4oc5c(-c6cc(-c7ccc8c(c7)oc7ccccc78)nc(-c7ccccc7)n6)cccc5c4c2)ccc1C31CCCCC1. The summed E-state index contributed by atoms with van der Waals surface area (Å²) < 4.78 is 13.1. The first-order valence-electron chi connectivity index (χ1n) is 23.2. The molecule has 3 aromatic heterocycles. The van der Waals surface area contributed by atoms with E-state index >= 15 is 0 Å². The Kier molecular flexibility index (Phi) is 7.65. The van der Waals surface area contributed by atoms with E-state index in [-0.39, 0.29) is 10.8 Å². The summed E-state index contributed by atoms with van der Waals surface area (Å²) in [5.41, 5.74) is 21.9. The molecule has 0 aliphatic heterocycles. The van der Waals surface area contributed by atoms with Gasteiger partial charge in [0.25, 0.3) is 0 Å². The minimum atomic E-state index is -0.0481. The Labute approximate surface area is 377 Å². The average Bonchev–Trinajstić information content (AvgIpc) is 4.06. The van der Waals surface area contributed by atoms with Crippen molar-refractivity contribution in [2.45, 2.75) is 56.8 Å². The molecule has 0 amide bonds. The second kappa shape index (κ2) is 13.5. The molecule has 0 atom stereocenters. The lowest BCUT2D eigenvalue weighted by atomic mass is 9.67. The van der Waals surface area contributed by atoms with E-state index in [1.165, 1.54) is 87.7 Å². The van der Waals surface area contributed by atoms with Crippen molar-refractivity contribution in [3.63, 3.8) is 0 Å². The molecule has 11 aromatic rings. The normalized spacial score (nSPS) is 15.5. The Bertz CT molecular complexity index is 3790. The third-order valence-electron chi connectivity index (χ3n) is 15.3. The number of benzene rings is 8. The fourth-order valence-electron chi connectivity index (χ4n) is 12.1. The van der Waals surface area contributed by atoms with E-state index in [0.717, 1.165) is 72.0 Å². The van der Waals surface area contributed by atoms with E-state index in [0.29, 0.717) is 5.82 Å². The molecule has 4 heteroatoms. The molecule has 0 bridgehead atoms. The molecule has 14 rings (SSSR count). The first-order valence-corrected chi connectivity index (χ1v) is 23.2. The van der Waals surface area contributed by atoms with Gasteiger partial charge in [-0.2, -0.15) is 0 Å². The second-order valence-corrected chi connectivity index (χ2v) is 19.1. The summed E-state index contributed by atoms with van der Waals surface area (Å²) in [6, 6.07) is 61.5. The lowest BCUT2D eigenvalue weighted by molar-refractivity contribution is 0.353. The minimum Gasteiger partial charge on any atom is -0.456 e. The molecular weight excluding hydrogens is 793 g/mol. The molecular formula is C61H44N2O2. The van der Waals surface area contributed by atoms with Gasteiger partial charge in [-0.05, 0) is 129 Å². The zero-order chi connectivity index (χ0) is 43.0. The van der Waals surface area contributed by atoms with Gasteiger partial charge in [0.2, 0.25) is 0 Å². The fraction of sp³-hybridized carbons (Fsp3) is 0.148. The van der Waals surface area contributed by atoms with Crippen molar-refractivity contribution in [1.82, 2.24) is 9.97 Å². The lowest BCUT2D eigenvalue weighted by Crippen LogP contribution is -2.28. The number of aromatic nitrogens is 2. The Balaban J connectivity index is 0.895.